The van der Waals surface area contributed by atoms with Crippen LogP contribution in [0.4, 0.5) is 14.5 Å². The van der Waals surface area contributed by atoms with Gasteiger partial charge in [0, 0.05) is 27.3 Å². The third kappa shape index (κ3) is 4.58. The first-order valence-corrected chi connectivity index (χ1v) is 7.36. The number of hydrogen-bond donors (Lipinski definition) is 1. The van der Waals surface area contributed by atoms with Gasteiger partial charge in [-0.3, -0.25) is 0 Å². The van der Waals surface area contributed by atoms with E-state index in [0.29, 0.717) is 17.1 Å². The van der Waals surface area contributed by atoms with Gasteiger partial charge in [-0.2, -0.15) is 8.78 Å². The number of rotatable bonds is 5. The Morgan fingerprint density at radius 3 is 2.67 bits per heavy atom. The summed E-state index contributed by atoms with van der Waals surface area (Å²) in [6, 6.07) is 10.4. The van der Waals surface area contributed by atoms with E-state index >= 15 is 0 Å². The number of anilines is 1. The Hall–Kier alpha value is -1.33. The van der Waals surface area contributed by atoms with Crippen LogP contribution in [0.3, 0.4) is 0 Å². The summed E-state index contributed by atoms with van der Waals surface area (Å²) in [5.41, 5.74) is 2.54. The summed E-state index contributed by atoms with van der Waals surface area (Å²) in [5.74, 6) is 0.121. The predicted molar refractivity (Wildman–Crippen MR) is 84.3 cm³/mol. The molecule has 0 radical (unpaired) electrons. The highest BCUT2D eigenvalue weighted by Gasteiger charge is 2.10. The van der Waals surface area contributed by atoms with Crippen molar-refractivity contribution >= 4 is 33.2 Å². The van der Waals surface area contributed by atoms with Crippen molar-refractivity contribution in [2.75, 3.05) is 5.32 Å². The van der Waals surface area contributed by atoms with E-state index in [-0.39, 0.29) is 5.75 Å². The van der Waals surface area contributed by atoms with Crippen molar-refractivity contribution < 1.29 is 13.5 Å². The lowest BCUT2D eigenvalue weighted by Crippen LogP contribution is -2.07. The number of benzene rings is 2. The van der Waals surface area contributed by atoms with Crippen molar-refractivity contribution in [2.45, 2.75) is 20.1 Å². The minimum absolute atomic E-state index is 0.121. The van der Waals surface area contributed by atoms with Crippen LogP contribution in [-0.4, -0.2) is 6.61 Å². The molecule has 0 saturated carbocycles. The first kappa shape index (κ1) is 16.0. The zero-order chi connectivity index (χ0) is 15.4. The summed E-state index contributed by atoms with van der Waals surface area (Å²) < 4.78 is 30.3. The molecular formula is C15H13BrClF2NO. The second kappa shape index (κ2) is 7.09. The SMILES string of the molecule is Cc1cc(NCc2cc(Cl)ccc2OC(F)F)ccc1Br. The van der Waals surface area contributed by atoms with Gasteiger partial charge in [0.1, 0.15) is 5.75 Å². The fourth-order valence-corrected chi connectivity index (χ4v) is 2.29. The maximum absolute atomic E-state index is 12.4. The Labute approximate surface area is 135 Å². The molecule has 0 atom stereocenters. The van der Waals surface area contributed by atoms with Crippen LogP contribution in [0.15, 0.2) is 40.9 Å². The van der Waals surface area contributed by atoms with Gasteiger partial charge in [-0.25, -0.2) is 0 Å². The summed E-state index contributed by atoms with van der Waals surface area (Å²) in [6.45, 7) is -0.552. The van der Waals surface area contributed by atoms with Gasteiger partial charge < -0.3 is 10.1 Å². The van der Waals surface area contributed by atoms with E-state index in [1.165, 1.54) is 12.1 Å². The van der Waals surface area contributed by atoms with E-state index in [0.717, 1.165) is 15.7 Å². The van der Waals surface area contributed by atoms with Gasteiger partial charge in [-0.1, -0.05) is 27.5 Å². The molecule has 0 unspecified atom stereocenters. The van der Waals surface area contributed by atoms with Crippen LogP contribution in [0.2, 0.25) is 5.02 Å². The van der Waals surface area contributed by atoms with E-state index in [1.54, 1.807) is 6.07 Å². The Kier molecular flexibility index (Phi) is 5.42. The third-order valence-corrected chi connectivity index (χ3v) is 4.00. The first-order valence-electron chi connectivity index (χ1n) is 6.19. The Morgan fingerprint density at radius 2 is 2.00 bits per heavy atom. The van der Waals surface area contributed by atoms with Crippen LogP contribution in [0.25, 0.3) is 0 Å². The smallest absolute Gasteiger partial charge is 0.387 e. The van der Waals surface area contributed by atoms with Gasteiger partial charge in [-0.15, -0.1) is 0 Å². The summed E-state index contributed by atoms with van der Waals surface area (Å²) in [6.07, 6.45) is 0. The zero-order valence-corrected chi connectivity index (χ0v) is 13.5. The maximum atomic E-state index is 12.4. The molecule has 0 saturated heterocycles. The molecule has 0 heterocycles. The lowest BCUT2D eigenvalue weighted by atomic mass is 10.2. The monoisotopic (exact) mass is 375 g/mol. The summed E-state index contributed by atoms with van der Waals surface area (Å²) in [7, 11) is 0. The van der Waals surface area contributed by atoms with Gasteiger partial charge in [0.25, 0.3) is 0 Å². The minimum Gasteiger partial charge on any atom is -0.434 e. The molecule has 0 amide bonds. The molecule has 0 aliphatic carbocycles. The Balaban J connectivity index is 2.14. The van der Waals surface area contributed by atoms with E-state index < -0.39 is 6.61 Å². The van der Waals surface area contributed by atoms with Gasteiger partial charge in [0.05, 0.1) is 0 Å². The molecule has 0 aliphatic rings. The molecule has 1 N–H and O–H groups in total. The lowest BCUT2D eigenvalue weighted by molar-refractivity contribution is -0.0504. The normalized spacial score (nSPS) is 10.8. The molecule has 21 heavy (non-hydrogen) atoms. The van der Waals surface area contributed by atoms with Crippen LogP contribution in [0.1, 0.15) is 11.1 Å². The molecular weight excluding hydrogens is 364 g/mol. The molecule has 2 aromatic carbocycles. The molecule has 0 bridgehead atoms. The first-order chi connectivity index (χ1) is 9.95. The number of nitrogens with one attached hydrogen (secondary N) is 1. The number of hydrogen-bond acceptors (Lipinski definition) is 2. The van der Waals surface area contributed by atoms with Crippen LogP contribution >= 0.6 is 27.5 Å². The lowest BCUT2D eigenvalue weighted by Gasteiger charge is -2.13. The van der Waals surface area contributed by atoms with E-state index in [4.69, 9.17) is 11.6 Å². The zero-order valence-electron chi connectivity index (χ0n) is 11.2. The molecule has 0 aliphatic heterocycles. The average molecular weight is 377 g/mol. The van der Waals surface area contributed by atoms with Crippen molar-refractivity contribution in [3.8, 4) is 5.75 Å². The topological polar surface area (TPSA) is 21.3 Å². The highest BCUT2D eigenvalue weighted by molar-refractivity contribution is 9.10. The van der Waals surface area contributed by atoms with Gasteiger partial charge in [0.15, 0.2) is 0 Å². The fraction of sp³-hybridized carbons (Fsp3) is 0.200. The molecule has 0 spiro atoms. The van der Waals surface area contributed by atoms with E-state index in [2.05, 4.69) is 26.0 Å². The third-order valence-electron chi connectivity index (χ3n) is 2.88. The summed E-state index contributed by atoms with van der Waals surface area (Å²) >= 11 is 9.33. The fourth-order valence-electron chi connectivity index (χ4n) is 1.85. The van der Waals surface area contributed by atoms with Crippen LogP contribution in [0.5, 0.6) is 5.75 Å². The highest BCUT2D eigenvalue weighted by atomic mass is 79.9. The number of alkyl halides is 2. The molecule has 0 aromatic heterocycles. The largest absolute Gasteiger partial charge is 0.434 e. The average Bonchev–Trinajstić information content (AvgIpc) is 2.42. The van der Waals surface area contributed by atoms with Crippen molar-refractivity contribution in [2.24, 2.45) is 0 Å². The van der Waals surface area contributed by atoms with Crippen molar-refractivity contribution in [1.82, 2.24) is 0 Å². The number of aryl methyl sites for hydroxylation is 1. The van der Waals surface area contributed by atoms with Crippen molar-refractivity contribution in [3.63, 3.8) is 0 Å². The van der Waals surface area contributed by atoms with Gasteiger partial charge in [0.2, 0.25) is 0 Å². The molecule has 2 aromatic rings. The van der Waals surface area contributed by atoms with E-state index in [1.807, 2.05) is 25.1 Å². The molecule has 0 fully saturated rings. The Bertz CT molecular complexity index is 637. The molecule has 112 valence electrons. The number of ether oxygens (including phenoxy) is 1. The minimum atomic E-state index is -2.86. The van der Waals surface area contributed by atoms with Gasteiger partial charge >= 0.3 is 6.61 Å². The summed E-state index contributed by atoms with van der Waals surface area (Å²) in [5, 5.41) is 3.64. The maximum Gasteiger partial charge on any atom is 0.387 e. The van der Waals surface area contributed by atoms with Crippen molar-refractivity contribution in [3.05, 3.63) is 57.0 Å². The van der Waals surface area contributed by atoms with Crippen LogP contribution < -0.4 is 10.1 Å². The molecule has 2 rings (SSSR count). The molecule has 6 heteroatoms. The van der Waals surface area contributed by atoms with E-state index in [9.17, 15) is 8.78 Å². The second-order valence-corrected chi connectivity index (χ2v) is 5.74. The second-order valence-electron chi connectivity index (χ2n) is 4.45. The molecule has 2 nitrogen and oxygen atoms in total. The standard InChI is InChI=1S/C15H13BrClF2NO/c1-9-6-12(3-4-13(9)16)20-8-10-7-11(17)2-5-14(10)21-15(18)19/h2-7,15,20H,8H2,1H3. The Morgan fingerprint density at radius 1 is 1.24 bits per heavy atom. The van der Waals surface area contributed by atoms with Crippen LogP contribution in [-0.2, 0) is 6.54 Å². The summed E-state index contributed by atoms with van der Waals surface area (Å²) in [4.78, 5) is 0. The highest BCUT2D eigenvalue weighted by Crippen LogP contribution is 2.26. The quantitative estimate of drug-likeness (QED) is 0.731. The van der Waals surface area contributed by atoms with Crippen molar-refractivity contribution in [1.29, 1.82) is 0 Å². The van der Waals surface area contributed by atoms with Gasteiger partial charge in [-0.05, 0) is 48.9 Å². The predicted octanol–water partition coefficient (Wildman–Crippen LogP) is 5.62. The van der Waals surface area contributed by atoms with Crippen LogP contribution in [0, 0.1) is 6.92 Å². The number of halogens is 4.